The molecular weight excluding hydrogens is 745 g/mol. The maximum Gasteiger partial charge on any atom is 0.240 e. The quantitative estimate of drug-likeness (QED) is 0.149. The maximum absolute atomic E-state index is 14.7. The lowest BCUT2D eigenvalue weighted by Crippen LogP contribution is -2.78. The van der Waals surface area contributed by atoms with Gasteiger partial charge in [-0.05, 0) is 73.2 Å². The molecule has 3 spiro atoms. The number of carbonyl (C=O) groups excluding carboxylic acids is 2. The summed E-state index contributed by atoms with van der Waals surface area (Å²) in [6.45, 7) is 4.24. The molecule has 2 saturated carbocycles. The van der Waals surface area contributed by atoms with E-state index in [0.29, 0.717) is 58.7 Å². The molecule has 3 fully saturated rings. The second-order valence-electron chi connectivity index (χ2n) is 18.1. The number of rotatable bonds is 3. The monoisotopic (exact) mass is 796 g/mol. The van der Waals surface area contributed by atoms with E-state index in [1.165, 1.54) is 12.5 Å². The molecule has 14 nitrogen and oxygen atoms in total. The molecule has 14 heteroatoms. The standard InChI is InChI=1S/C44H52N4O10/c1-21-16-26-31(27(49)17-21)35(52)33-32(34(26)51)24-11-15-45-40-30(24)25-10-14-44(57-37(25)33)39(55)36(53)38(54)43(58-44)18-28(42(12-6-7-13-42)29(50)19-46-40)47-48(41(43)56)20-22(2)23-8-4-3-5-9-23/h11,15-18,22-23,29,36,38-39,41,47,49-50,53-56H,3-10,12-14,19-20H2,1-2H3,(H,45,46). The number of phenolic OH excluding ortho intramolecular Hbond substituents is 1. The third-order valence-corrected chi connectivity index (χ3v) is 14.8. The highest BCUT2D eigenvalue weighted by atomic mass is 16.7. The fourth-order valence-corrected chi connectivity index (χ4v) is 11.6. The number of aryl methyl sites for hydroxylation is 2. The van der Waals surface area contributed by atoms with Crippen molar-refractivity contribution in [2.24, 2.45) is 17.3 Å². The summed E-state index contributed by atoms with van der Waals surface area (Å²) < 4.78 is 13.8. The minimum Gasteiger partial charge on any atom is -0.507 e. The molecule has 8 atom stereocenters. The molecule has 1 aromatic heterocycles. The zero-order valence-corrected chi connectivity index (χ0v) is 32.8. The lowest BCUT2D eigenvalue weighted by molar-refractivity contribution is -0.387. The fourth-order valence-electron chi connectivity index (χ4n) is 11.6. The number of ketones is 2. The normalized spacial score (nSPS) is 33.5. The Labute approximate surface area is 335 Å². The Balaban J connectivity index is 1.20. The van der Waals surface area contributed by atoms with Crippen LogP contribution >= 0.6 is 0 Å². The molecular formula is C44H52N4O10. The van der Waals surface area contributed by atoms with Crippen LogP contribution in [0.5, 0.6) is 11.5 Å². The zero-order chi connectivity index (χ0) is 40.5. The van der Waals surface area contributed by atoms with Crippen molar-refractivity contribution in [1.82, 2.24) is 15.4 Å². The highest BCUT2D eigenvalue weighted by molar-refractivity contribution is 6.34. The van der Waals surface area contributed by atoms with Gasteiger partial charge in [-0.1, -0.05) is 51.9 Å². The lowest BCUT2D eigenvalue weighted by Gasteiger charge is -2.59. The lowest BCUT2D eigenvalue weighted by atomic mass is 9.71. The van der Waals surface area contributed by atoms with E-state index in [-0.39, 0.29) is 59.1 Å². The van der Waals surface area contributed by atoms with Crippen molar-refractivity contribution in [1.29, 1.82) is 0 Å². The Kier molecular flexibility index (Phi) is 8.82. The van der Waals surface area contributed by atoms with Gasteiger partial charge in [0.25, 0.3) is 0 Å². The number of aliphatic hydroxyl groups excluding tert-OH is 5. The summed E-state index contributed by atoms with van der Waals surface area (Å²) in [5.74, 6) is -2.93. The van der Waals surface area contributed by atoms with Gasteiger partial charge in [0, 0.05) is 58.9 Å². The molecule has 8 unspecified atom stereocenters. The first-order valence-electron chi connectivity index (χ1n) is 21.0. The van der Waals surface area contributed by atoms with Crippen LogP contribution in [0, 0.1) is 24.2 Å². The summed E-state index contributed by atoms with van der Waals surface area (Å²) in [4.78, 5) is 34.1. The number of benzene rings is 2. The number of nitrogens with zero attached hydrogens (tertiary/aromatic N) is 2. The van der Waals surface area contributed by atoms with Crippen molar-refractivity contribution < 1.29 is 49.7 Å². The van der Waals surface area contributed by atoms with Crippen LogP contribution < -0.4 is 15.5 Å². The van der Waals surface area contributed by atoms with Crippen LogP contribution in [0.3, 0.4) is 0 Å². The van der Waals surface area contributed by atoms with Gasteiger partial charge in [-0.15, -0.1) is 0 Å². The Morgan fingerprint density at radius 3 is 2.47 bits per heavy atom. The average molecular weight is 797 g/mol. The highest BCUT2D eigenvalue weighted by Gasteiger charge is 2.67. The summed E-state index contributed by atoms with van der Waals surface area (Å²) in [6.07, 6.45) is 3.14. The van der Waals surface area contributed by atoms with Gasteiger partial charge in [0.05, 0.1) is 17.2 Å². The van der Waals surface area contributed by atoms with Crippen molar-refractivity contribution in [3.05, 3.63) is 69.5 Å². The first kappa shape index (κ1) is 38.1. The molecule has 11 rings (SSSR count). The number of fused-ring (bicyclic) bond motifs is 6. The van der Waals surface area contributed by atoms with Crippen molar-refractivity contribution in [2.75, 3.05) is 18.4 Å². The van der Waals surface area contributed by atoms with E-state index in [1.54, 1.807) is 36.3 Å². The number of aliphatic hydroxyl groups is 5. The molecule has 5 aliphatic heterocycles. The van der Waals surface area contributed by atoms with E-state index in [9.17, 15) is 40.2 Å². The number of hydrazine groups is 1. The zero-order valence-electron chi connectivity index (χ0n) is 32.8. The Bertz CT molecular complexity index is 2270. The van der Waals surface area contributed by atoms with E-state index >= 15 is 0 Å². The smallest absolute Gasteiger partial charge is 0.240 e. The number of nitrogens with one attached hydrogen (secondary N) is 2. The van der Waals surface area contributed by atoms with Crippen LogP contribution in [-0.2, 0) is 11.2 Å². The average Bonchev–Trinajstić information content (AvgIpc) is 3.73. The molecule has 6 heterocycles. The summed E-state index contributed by atoms with van der Waals surface area (Å²) in [7, 11) is 0. The first-order valence-corrected chi connectivity index (χ1v) is 21.0. The first-order chi connectivity index (χ1) is 27.8. The second kappa shape index (κ2) is 13.4. The second-order valence-corrected chi connectivity index (χ2v) is 18.1. The summed E-state index contributed by atoms with van der Waals surface area (Å²) >= 11 is 0. The van der Waals surface area contributed by atoms with Gasteiger partial charge < -0.3 is 50.9 Å². The van der Waals surface area contributed by atoms with E-state index in [4.69, 9.17) is 14.5 Å². The Morgan fingerprint density at radius 2 is 1.71 bits per heavy atom. The number of pyridine rings is 1. The van der Waals surface area contributed by atoms with Gasteiger partial charge in [-0.25, -0.2) is 4.98 Å². The van der Waals surface area contributed by atoms with Crippen LogP contribution in [-0.4, -0.2) is 107 Å². The van der Waals surface area contributed by atoms with Crippen LogP contribution in [0.15, 0.2) is 36.2 Å². The van der Waals surface area contributed by atoms with Crippen molar-refractivity contribution >= 4 is 28.2 Å². The number of aromatic nitrogens is 1. The van der Waals surface area contributed by atoms with Gasteiger partial charge >= 0.3 is 0 Å². The SMILES string of the molecule is Cc1cc(O)c2c(c1)C(=O)c1c(c3c4c5c(nccc15)NCC(O)C1(CCCC1)C1=CC5(OC(CC4)(O3)C(O)C(O)C5O)C(O)N(CC(C)C3CCCCC3)N1)C2=O. The van der Waals surface area contributed by atoms with Gasteiger partial charge in [0.1, 0.15) is 35.6 Å². The van der Waals surface area contributed by atoms with Crippen molar-refractivity contribution in [3.63, 3.8) is 0 Å². The number of ether oxygens (including phenoxy) is 2. The van der Waals surface area contributed by atoms with Crippen molar-refractivity contribution in [2.45, 2.75) is 127 Å². The molecule has 3 aromatic rings. The number of phenols is 1. The van der Waals surface area contributed by atoms with Crippen LogP contribution in [0.4, 0.5) is 5.82 Å². The van der Waals surface area contributed by atoms with E-state index in [2.05, 4.69) is 17.7 Å². The predicted molar refractivity (Wildman–Crippen MR) is 210 cm³/mol. The molecule has 58 heavy (non-hydrogen) atoms. The van der Waals surface area contributed by atoms with Gasteiger partial charge in [0.2, 0.25) is 11.6 Å². The molecule has 8 aliphatic rings. The van der Waals surface area contributed by atoms with E-state index in [1.807, 2.05) is 0 Å². The third-order valence-electron chi connectivity index (χ3n) is 14.8. The largest absolute Gasteiger partial charge is 0.507 e. The summed E-state index contributed by atoms with van der Waals surface area (Å²) in [6, 6.07) is 4.64. The summed E-state index contributed by atoms with van der Waals surface area (Å²) in [5, 5.41) is 78.2. The predicted octanol–water partition coefficient (Wildman–Crippen LogP) is 3.48. The molecule has 0 radical (unpaired) electrons. The number of aromatic hydroxyl groups is 1. The fraction of sp³-hybridized carbons (Fsp3) is 0.568. The highest BCUT2D eigenvalue weighted by Crippen LogP contribution is 2.55. The number of anilines is 1. The van der Waals surface area contributed by atoms with Gasteiger partial charge in [-0.3, -0.25) is 9.59 Å². The molecule has 1 saturated heterocycles. The molecule has 308 valence electrons. The molecule has 2 aromatic carbocycles. The van der Waals surface area contributed by atoms with Crippen LogP contribution in [0.1, 0.15) is 114 Å². The Morgan fingerprint density at radius 1 is 0.948 bits per heavy atom. The number of hydrogen-bond acceptors (Lipinski definition) is 14. The van der Waals surface area contributed by atoms with E-state index < -0.39 is 59.0 Å². The van der Waals surface area contributed by atoms with Crippen LogP contribution in [0.25, 0.3) is 10.8 Å². The number of hydrogen-bond donors (Lipinski definition) is 8. The molecule has 6 bridgehead atoms. The van der Waals surface area contributed by atoms with Gasteiger partial charge in [0.15, 0.2) is 17.6 Å². The maximum atomic E-state index is 14.7. The molecule has 0 amide bonds. The third kappa shape index (κ3) is 5.25. The molecule has 3 aliphatic carbocycles. The minimum absolute atomic E-state index is 0.0196. The van der Waals surface area contributed by atoms with Crippen molar-refractivity contribution in [3.8, 4) is 11.5 Å². The topological polar surface area (TPSA) is 214 Å². The van der Waals surface area contributed by atoms with Gasteiger partial charge in [-0.2, -0.15) is 5.01 Å². The molecule has 8 N–H and O–H groups in total. The Hall–Kier alpha value is -4.15. The van der Waals surface area contributed by atoms with E-state index in [0.717, 1.165) is 38.5 Å². The number of carbonyl (C=O) groups is 2. The summed E-state index contributed by atoms with van der Waals surface area (Å²) in [5.41, 5.74) is 1.79. The van der Waals surface area contributed by atoms with Crippen LogP contribution in [0.2, 0.25) is 0 Å². The minimum atomic E-state index is -2.16.